The third-order valence-electron chi connectivity index (χ3n) is 8.26. The number of thioether (sulfide) groups is 1. The third kappa shape index (κ3) is 3.11. The molecule has 0 bridgehead atoms. The summed E-state index contributed by atoms with van der Waals surface area (Å²) in [4.78, 5) is 6.12. The maximum absolute atomic E-state index is 4.84. The summed E-state index contributed by atoms with van der Waals surface area (Å²) in [5.41, 5.74) is 13.3. The molecule has 0 amide bonds. The molecule has 0 radical (unpaired) electrons. The van der Waals surface area contributed by atoms with Crippen LogP contribution in [0.1, 0.15) is 10.9 Å². The van der Waals surface area contributed by atoms with Crippen molar-refractivity contribution in [3.63, 3.8) is 0 Å². The fraction of sp³-hybridized carbons (Fsp3) is 0.0278. The highest BCUT2D eigenvalue weighted by atomic mass is 32.2. The summed E-state index contributed by atoms with van der Waals surface area (Å²) in [5.74, 6) is 0. The lowest BCUT2D eigenvalue weighted by atomic mass is 9.89. The molecule has 4 heterocycles. The van der Waals surface area contributed by atoms with Crippen LogP contribution in [-0.2, 0) is 0 Å². The summed E-state index contributed by atoms with van der Waals surface area (Å²) in [6.45, 7) is 0. The molecular weight excluding hydrogens is 506 g/mol. The lowest BCUT2D eigenvalue weighted by Gasteiger charge is -2.34. The molecule has 40 heavy (non-hydrogen) atoms. The highest BCUT2D eigenvalue weighted by Gasteiger charge is 2.33. The van der Waals surface area contributed by atoms with Gasteiger partial charge in [0, 0.05) is 49.9 Å². The zero-order valence-electron chi connectivity index (χ0n) is 21.5. The minimum absolute atomic E-state index is 0.160. The Hall–Kier alpha value is -4.80. The van der Waals surface area contributed by atoms with Gasteiger partial charge in [-0.3, -0.25) is 4.98 Å². The van der Waals surface area contributed by atoms with Crippen LogP contribution in [0.2, 0.25) is 0 Å². The van der Waals surface area contributed by atoms with Crippen LogP contribution in [0.5, 0.6) is 0 Å². The first-order valence-corrected chi connectivity index (χ1v) is 14.5. The van der Waals surface area contributed by atoms with Crippen LogP contribution in [0, 0.1) is 0 Å². The standard InChI is InChI=1S/C36H23N3S/c1-2-8-24(9-3-1)39-31-12-6-4-10-25(31)29-21-23(15-17-32(29)39)22-14-16-30-28(20-22)26-18-19-37-35-27-11-5-7-13-33(27)40-36(38-30)34(26)35/h1-21,36,38H. The molecule has 0 saturated heterocycles. The molecule has 2 aromatic heterocycles. The molecule has 0 saturated carbocycles. The van der Waals surface area contributed by atoms with Crippen molar-refractivity contribution in [2.24, 2.45) is 0 Å². The SMILES string of the molecule is c1ccc(-n2c3ccccc3c3cc(-c4ccc5c(c4)-c4ccnc6c4C(N5)Sc4ccccc4-6)ccc32)cc1. The van der Waals surface area contributed by atoms with Crippen LogP contribution >= 0.6 is 11.8 Å². The quantitative estimate of drug-likeness (QED) is 0.242. The van der Waals surface area contributed by atoms with E-state index >= 15 is 0 Å². The summed E-state index contributed by atoms with van der Waals surface area (Å²) < 4.78 is 2.37. The van der Waals surface area contributed by atoms with Gasteiger partial charge in [-0.15, -0.1) is 0 Å². The van der Waals surface area contributed by atoms with Crippen LogP contribution in [0.15, 0.2) is 132 Å². The van der Waals surface area contributed by atoms with E-state index in [1.807, 2.05) is 18.0 Å². The zero-order valence-corrected chi connectivity index (χ0v) is 22.3. The second-order valence-electron chi connectivity index (χ2n) is 10.4. The average molecular weight is 530 g/mol. The Balaban J connectivity index is 1.22. The Kier molecular flexibility index (Phi) is 4.60. The van der Waals surface area contributed by atoms with Crippen molar-refractivity contribution in [3.8, 4) is 39.2 Å². The van der Waals surface area contributed by atoms with E-state index in [1.165, 1.54) is 71.5 Å². The summed E-state index contributed by atoms with van der Waals surface area (Å²) in [6.07, 6.45) is 1.96. The highest BCUT2D eigenvalue weighted by Crippen LogP contribution is 2.55. The van der Waals surface area contributed by atoms with Gasteiger partial charge in [0.2, 0.25) is 0 Å². The summed E-state index contributed by atoms with van der Waals surface area (Å²) in [6, 6.07) is 43.8. The molecule has 7 aromatic rings. The molecule has 5 aromatic carbocycles. The van der Waals surface area contributed by atoms with Gasteiger partial charge in [-0.2, -0.15) is 0 Å². The fourth-order valence-electron chi connectivity index (χ4n) is 6.46. The number of pyridine rings is 1. The number of rotatable bonds is 2. The Morgan fingerprint density at radius 1 is 0.625 bits per heavy atom. The maximum atomic E-state index is 4.84. The first kappa shape index (κ1) is 22.1. The maximum Gasteiger partial charge on any atom is 0.105 e. The van der Waals surface area contributed by atoms with Gasteiger partial charge in [0.1, 0.15) is 5.37 Å². The molecule has 2 aliphatic heterocycles. The smallest absolute Gasteiger partial charge is 0.105 e. The second-order valence-corrected chi connectivity index (χ2v) is 11.6. The molecule has 0 aliphatic carbocycles. The van der Waals surface area contributed by atoms with Crippen LogP contribution < -0.4 is 5.32 Å². The molecule has 9 rings (SSSR count). The zero-order chi connectivity index (χ0) is 26.2. The number of hydrogen-bond acceptors (Lipinski definition) is 3. The van der Waals surface area contributed by atoms with Crippen molar-refractivity contribution < 1.29 is 0 Å². The van der Waals surface area contributed by atoms with Crippen LogP contribution in [0.4, 0.5) is 5.69 Å². The summed E-state index contributed by atoms with van der Waals surface area (Å²) >= 11 is 1.88. The minimum atomic E-state index is 0.160. The van der Waals surface area contributed by atoms with Crippen molar-refractivity contribution in [2.75, 3.05) is 5.32 Å². The van der Waals surface area contributed by atoms with E-state index in [9.17, 15) is 0 Å². The molecule has 0 spiro atoms. The van der Waals surface area contributed by atoms with Gasteiger partial charge in [0.25, 0.3) is 0 Å². The molecule has 1 atom stereocenters. The normalized spacial score (nSPS) is 14.8. The van der Waals surface area contributed by atoms with Gasteiger partial charge < -0.3 is 9.88 Å². The van der Waals surface area contributed by atoms with E-state index in [1.54, 1.807) is 0 Å². The Bertz CT molecular complexity index is 2130. The Morgan fingerprint density at radius 2 is 1.40 bits per heavy atom. The van der Waals surface area contributed by atoms with Gasteiger partial charge in [-0.25, -0.2) is 0 Å². The molecular formula is C36H23N3S. The number of anilines is 1. The van der Waals surface area contributed by atoms with E-state index in [-0.39, 0.29) is 5.37 Å². The summed E-state index contributed by atoms with van der Waals surface area (Å²) in [5, 5.41) is 6.50. The molecule has 0 fully saturated rings. The number of fused-ring (bicyclic) bond motifs is 7. The number of nitrogens with one attached hydrogen (secondary N) is 1. The van der Waals surface area contributed by atoms with E-state index in [0.717, 1.165) is 5.69 Å². The Morgan fingerprint density at radius 3 is 2.35 bits per heavy atom. The highest BCUT2D eigenvalue weighted by molar-refractivity contribution is 7.99. The van der Waals surface area contributed by atoms with Crippen LogP contribution in [0.25, 0.3) is 61.0 Å². The van der Waals surface area contributed by atoms with Gasteiger partial charge in [0.15, 0.2) is 0 Å². The number of para-hydroxylation sites is 2. The van der Waals surface area contributed by atoms with E-state index < -0.39 is 0 Å². The van der Waals surface area contributed by atoms with Crippen LogP contribution in [-0.4, -0.2) is 9.55 Å². The molecule has 1 unspecified atom stereocenters. The molecule has 1 N–H and O–H groups in total. The van der Waals surface area contributed by atoms with Crippen molar-refractivity contribution in [2.45, 2.75) is 10.3 Å². The first-order valence-electron chi connectivity index (χ1n) is 13.6. The molecule has 188 valence electrons. The van der Waals surface area contributed by atoms with Crippen molar-refractivity contribution in [1.29, 1.82) is 0 Å². The fourth-order valence-corrected chi connectivity index (χ4v) is 7.71. The number of nitrogens with zero attached hydrogens (tertiary/aromatic N) is 2. The number of benzene rings is 5. The third-order valence-corrected chi connectivity index (χ3v) is 9.46. The van der Waals surface area contributed by atoms with E-state index in [2.05, 4.69) is 131 Å². The topological polar surface area (TPSA) is 29.9 Å². The lowest BCUT2D eigenvalue weighted by Crippen LogP contribution is -2.18. The number of aromatic nitrogens is 2. The van der Waals surface area contributed by atoms with Gasteiger partial charge in [0.05, 0.1) is 16.7 Å². The van der Waals surface area contributed by atoms with Crippen molar-refractivity contribution >= 4 is 39.3 Å². The van der Waals surface area contributed by atoms with E-state index in [4.69, 9.17) is 4.98 Å². The second kappa shape index (κ2) is 8.35. The number of hydrogen-bond donors (Lipinski definition) is 1. The van der Waals surface area contributed by atoms with Gasteiger partial charge in [-0.05, 0) is 71.3 Å². The summed E-state index contributed by atoms with van der Waals surface area (Å²) in [7, 11) is 0. The van der Waals surface area contributed by atoms with Crippen LogP contribution in [0.3, 0.4) is 0 Å². The predicted octanol–water partition coefficient (Wildman–Crippen LogP) is 9.71. The average Bonchev–Trinajstić information content (AvgIpc) is 3.35. The lowest BCUT2D eigenvalue weighted by molar-refractivity contribution is 1.05. The predicted molar refractivity (Wildman–Crippen MR) is 167 cm³/mol. The molecule has 3 nitrogen and oxygen atoms in total. The first-order chi connectivity index (χ1) is 19.8. The van der Waals surface area contributed by atoms with Gasteiger partial charge >= 0.3 is 0 Å². The largest absolute Gasteiger partial charge is 0.369 e. The molecule has 4 heteroatoms. The monoisotopic (exact) mass is 529 g/mol. The van der Waals surface area contributed by atoms with Gasteiger partial charge in [-0.1, -0.05) is 78.5 Å². The van der Waals surface area contributed by atoms with E-state index in [0.29, 0.717) is 0 Å². The Labute approximate surface area is 236 Å². The van der Waals surface area contributed by atoms with Crippen molar-refractivity contribution in [1.82, 2.24) is 9.55 Å². The van der Waals surface area contributed by atoms with Crippen molar-refractivity contribution in [3.05, 3.63) is 133 Å². The minimum Gasteiger partial charge on any atom is -0.369 e. The molecule has 2 aliphatic rings.